The van der Waals surface area contributed by atoms with Crippen LogP contribution < -0.4 is 5.32 Å². The van der Waals surface area contributed by atoms with Crippen molar-refractivity contribution in [1.82, 2.24) is 5.32 Å². The Morgan fingerprint density at radius 3 is 2.50 bits per heavy atom. The van der Waals surface area contributed by atoms with Crippen LogP contribution in [0.5, 0.6) is 0 Å². The van der Waals surface area contributed by atoms with E-state index in [4.69, 9.17) is 6.42 Å². The molecule has 1 aromatic carbocycles. The maximum absolute atomic E-state index is 5.30. The second-order valence-corrected chi connectivity index (χ2v) is 3.65. The van der Waals surface area contributed by atoms with Gasteiger partial charge in [0, 0.05) is 6.04 Å². The molecule has 0 saturated heterocycles. The van der Waals surface area contributed by atoms with E-state index >= 15 is 0 Å². The van der Waals surface area contributed by atoms with E-state index < -0.39 is 0 Å². The molecular weight excluding hydrogens is 170 g/mol. The van der Waals surface area contributed by atoms with E-state index in [-0.39, 0.29) is 6.04 Å². The van der Waals surface area contributed by atoms with Gasteiger partial charge in [-0.3, -0.25) is 0 Å². The molecule has 0 heterocycles. The summed E-state index contributed by atoms with van der Waals surface area (Å²) in [5.41, 5.74) is 1.34. The molecule has 74 valence electrons. The summed E-state index contributed by atoms with van der Waals surface area (Å²) in [6.45, 7) is 4.16. The van der Waals surface area contributed by atoms with Crippen LogP contribution in [0.15, 0.2) is 30.3 Å². The van der Waals surface area contributed by atoms with E-state index in [0.29, 0.717) is 6.04 Å². The molecule has 0 spiro atoms. The maximum Gasteiger partial charge on any atom is 0.0660 e. The largest absolute Gasteiger partial charge is 0.301 e. The molecule has 0 saturated carbocycles. The molecule has 0 amide bonds. The lowest BCUT2D eigenvalue weighted by molar-refractivity contribution is 0.522. The summed E-state index contributed by atoms with van der Waals surface area (Å²) >= 11 is 0. The molecule has 1 nitrogen and oxygen atoms in total. The van der Waals surface area contributed by atoms with Gasteiger partial charge in [0.05, 0.1) is 6.04 Å². The first-order valence-corrected chi connectivity index (χ1v) is 4.98. The first kappa shape index (κ1) is 10.8. The average molecular weight is 187 g/mol. The van der Waals surface area contributed by atoms with Crippen molar-refractivity contribution in [3.63, 3.8) is 0 Å². The number of benzene rings is 1. The average Bonchev–Trinajstić information content (AvgIpc) is 2.19. The van der Waals surface area contributed by atoms with Crippen LogP contribution in [0, 0.1) is 12.3 Å². The maximum atomic E-state index is 5.30. The van der Waals surface area contributed by atoms with Gasteiger partial charge in [-0.2, -0.15) is 0 Å². The Morgan fingerprint density at radius 2 is 1.93 bits per heavy atom. The summed E-state index contributed by atoms with van der Waals surface area (Å²) in [7, 11) is 0. The smallest absolute Gasteiger partial charge is 0.0660 e. The topological polar surface area (TPSA) is 12.0 Å². The fraction of sp³-hybridized carbons (Fsp3) is 0.385. The van der Waals surface area contributed by atoms with E-state index in [1.807, 2.05) is 13.0 Å². The lowest BCUT2D eigenvalue weighted by Gasteiger charge is -2.16. The van der Waals surface area contributed by atoms with Crippen molar-refractivity contribution < 1.29 is 0 Å². The van der Waals surface area contributed by atoms with Crippen molar-refractivity contribution in [3.05, 3.63) is 35.9 Å². The Balaban J connectivity index is 2.42. The minimum atomic E-state index is 0.147. The zero-order valence-corrected chi connectivity index (χ0v) is 8.83. The molecule has 0 aliphatic heterocycles. The van der Waals surface area contributed by atoms with Crippen LogP contribution in [0.2, 0.25) is 0 Å². The van der Waals surface area contributed by atoms with Crippen LogP contribution in [-0.4, -0.2) is 12.1 Å². The molecule has 1 N–H and O–H groups in total. The number of nitrogens with one attached hydrogen (secondary N) is 1. The summed E-state index contributed by atoms with van der Waals surface area (Å²) in [4.78, 5) is 0. The van der Waals surface area contributed by atoms with Gasteiger partial charge in [0.25, 0.3) is 0 Å². The van der Waals surface area contributed by atoms with Crippen molar-refractivity contribution in [2.45, 2.75) is 32.4 Å². The van der Waals surface area contributed by atoms with Gasteiger partial charge in [-0.25, -0.2) is 0 Å². The van der Waals surface area contributed by atoms with E-state index in [9.17, 15) is 0 Å². The third-order valence-corrected chi connectivity index (χ3v) is 2.17. The van der Waals surface area contributed by atoms with E-state index in [0.717, 1.165) is 6.42 Å². The van der Waals surface area contributed by atoms with Crippen molar-refractivity contribution in [3.8, 4) is 12.3 Å². The highest BCUT2D eigenvalue weighted by Gasteiger charge is 2.04. The number of terminal acetylenes is 1. The zero-order chi connectivity index (χ0) is 10.4. The Bertz CT molecular complexity index is 297. The molecule has 0 bridgehead atoms. The summed E-state index contributed by atoms with van der Waals surface area (Å²) in [5.74, 6) is 2.67. The Hall–Kier alpha value is -1.26. The summed E-state index contributed by atoms with van der Waals surface area (Å²) in [6, 6.07) is 11.0. The van der Waals surface area contributed by atoms with Gasteiger partial charge in [0.2, 0.25) is 0 Å². The van der Waals surface area contributed by atoms with Crippen LogP contribution in [0.1, 0.15) is 19.4 Å². The third-order valence-electron chi connectivity index (χ3n) is 2.17. The lowest BCUT2D eigenvalue weighted by atomic mass is 10.1. The molecule has 1 heteroatoms. The first-order chi connectivity index (χ1) is 6.72. The summed E-state index contributed by atoms with van der Waals surface area (Å²) in [5, 5.41) is 3.34. The predicted octanol–water partition coefficient (Wildman–Crippen LogP) is 2.23. The normalized spacial score (nSPS) is 14.4. The molecule has 2 unspecified atom stereocenters. The number of rotatable bonds is 4. The Labute approximate surface area is 86.5 Å². The Kier molecular flexibility index (Phi) is 4.22. The monoisotopic (exact) mass is 187 g/mol. The quantitative estimate of drug-likeness (QED) is 0.713. The minimum Gasteiger partial charge on any atom is -0.301 e. The van der Waals surface area contributed by atoms with Gasteiger partial charge in [0.15, 0.2) is 0 Å². The Morgan fingerprint density at radius 1 is 1.29 bits per heavy atom. The highest BCUT2D eigenvalue weighted by molar-refractivity contribution is 5.15. The zero-order valence-electron chi connectivity index (χ0n) is 8.83. The fourth-order valence-corrected chi connectivity index (χ4v) is 1.50. The third kappa shape index (κ3) is 3.64. The minimum absolute atomic E-state index is 0.147. The van der Waals surface area contributed by atoms with Crippen LogP contribution in [0.4, 0.5) is 0 Å². The van der Waals surface area contributed by atoms with Gasteiger partial charge < -0.3 is 5.32 Å². The van der Waals surface area contributed by atoms with E-state index in [2.05, 4.69) is 42.4 Å². The second kappa shape index (κ2) is 5.47. The van der Waals surface area contributed by atoms with Gasteiger partial charge in [-0.15, -0.1) is 6.42 Å². The van der Waals surface area contributed by atoms with Gasteiger partial charge in [-0.05, 0) is 25.8 Å². The summed E-state index contributed by atoms with van der Waals surface area (Å²) in [6.07, 6.45) is 6.32. The highest BCUT2D eigenvalue weighted by atomic mass is 14.9. The molecule has 0 fully saturated rings. The molecule has 14 heavy (non-hydrogen) atoms. The van der Waals surface area contributed by atoms with Crippen LogP contribution in [0.3, 0.4) is 0 Å². The van der Waals surface area contributed by atoms with Crippen molar-refractivity contribution in [2.75, 3.05) is 0 Å². The fourth-order valence-electron chi connectivity index (χ4n) is 1.50. The van der Waals surface area contributed by atoms with Crippen molar-refractivity contribution in [1.29, 1.82) is 0 Å². The molecule has 0 aliphatic carbocycles. The van der Waals surface area contributed by atoms with Crippen LogP contribution in [-0.2, 0) is 6.42 Å². The van der Waals surface area contributed by atoms with E-state index in [1.165, 1.54) is 5.56 Å². The molecule has 0 aromatic heterocycles. The van der Waals surface area contributed by atoms with Crippen molar-refractivity contribution >= 4 is 0 Å². The SMILES string of the molecule is C#CC(C)NC(C)Cc1ccccc1. The standard InChI is InChI=1S/C13H17N/c1-4-11(2)14-12(3)10-13-8-6-5-7-9-13/h1,5-9,11-12,14H,10H2,2-3H3. The highest BCUT2D eigenvalue weighted by Crippen LogP contribution is 2.02. The molecular formula is C13H17N. The molecule has 0 aliphatic rings. The second-order valence-electron chi connectivity index (χ2n) is 3.65. The predicted molar refractivity (Wildman–Crippen MR) is 61.0 cm³/mol. The molecule has 2 atom stereocenters. The van der Waals surface area contributed by atoms with Gasteiger partial charge >= 0.3 is 0 Å². The van der Waals surface area contributed by atoms with Crippen LogP contribution in [0.25, 0.3) is 0 Å². The molecule has 1 aromatic rings. The molecule has 1 rings (SSSR count). The lowest BCUT2D eigenvalue weighted by Crippen LogP contribution is -2.34. The van der Waals surface area contributed by atoms with Gasteiger partial charge in [0.1, 0.15) is 0 Å². The molecule has 0 radical (unpaired) electrons. The number of hydrogen-bond acceptors (Lipinski definition) is 1. The number of hydrogen-bond donors (Lipinski definition) is 1. The summed E-state index contributed by atoms with van der Waals surface area (Å²) < 4.78 is 0. The van der Waals surface area contributed by atoms with Crippen molar-refractivity contribution in [2.24, 2.45) is 0 Å². The first-order valence-electron chi connectivity index (χ1n) is 4.98. The van der Waals surface area contributed by atoms with Gasteiger partial charge in [-0.1, -0.05) is 36.3 Å². The van der Waals surface area contributed by atoms with E-state index in [1.54, 1.807) is 0 Å². The van der Waals surface area contributed by atoms with Crippen LogP contribution >= 0.6 is 0 Å².